The Balaban J connectivity index is 0. The molecule has 0 aliphatic rings. The van der Waals surface area contributed by atoms with Crippen LogP contribution < -0.4 is 4.89 Å². The highest BCUT2D eigenvalue weighted by molar-refractivity contribution is 7.45. The van der Waals surface area contributed by atoms with E-state index in [0.717, 1.165) is 11.0 Å². The second-order valence-corrected chi connectivity index (χ2v) is 9.67. The number of rotatable bonds is 19. The second kappa shape index (κ2) is 21.2. The van der Waals surface area contributed by atoms with Crippen molar-refractivity contribution in [3.63, 3.8) is 0 Å². The van der Waals surface area contributed by atoms with Gasteiger partial charge in [-0.2, -0.15) is 4.20 Å². The summed E-state index contributed by atoms with van der Waals surface area (Å²) < 4.78 is 25.1. The lowest BCUT2D eigenvalue weighted by Crippen LogP contribution is -2.42. The molecule has 178 valence electrons. The van der Waals surface area contributed by atoms with Crippen LogP contribution in [-0.4, -0.2) is 50.0 Å². The van der Waals surface area contributed by atoms with Crippen LogP contribution in [0.4, 0.5) is 4.20 Å². The van der Waals surface area contributed by atoms with E-state index in [2.05, 4.69) is 25.5 Å². The Morgan fingerprint density at radius 3 is 1.45 bits per heavy atom. The molecule has 0 bridgehead atoms. The number of unbranched alkanes of at least 4 members (excludes halogenated alkanes) is 13. The molecule has 0 aromatic heterocycles. The summed E-state index contributed by atoms with van der Waals surface area (Å²) in [6.45, 7) is 5.94. The summed E-state index contributed by atoms with van der Waals surface area (Å²) in [7, 11) is -0.474. The van der Waals surface area contributed by atoms with Crippen molar-refractivity contribution in [1.82, 2.24) is 0 Å². The van der Waals surface area contributed by atoms with Crippen LogP contribution in [0.3, 0.4) is 0 Å². The highest BCUT2D eigenvalue weighted by Crippen LogP contribution is 2.37. The lowest BCUT2D eigenvalue weighted by Gasteiger charge is -2.28. The largest absolute Gasteiger partial charge is 0.753 e. The van der Waals surface area contributed by atoms with Crippen LogP contribution in [0.1, 0.15) is 104 Å². The molecule has 0 rings (SSSR count). The summed E-state index contributed by atoms with van der Waals surface area (Å²) in [6.07, 6.45) is 19.9. The normalized spacial score (nSPS) is 13.6. The van der Waals surface area contributed by atoms with E-state index < -0.39 is 7.91 Å². The maximum absolute atomic E-state index is 11.2. The fourth-order valence-corrected chi connectivity index (χ4v) is 3.58. The predicted molar refractivity (Wildman–Crippen MR) is 120 cm³/mol. The molecule has 0 heterocycles. The zero-order chi connectivity index (χ0) is 22.4. The van der Waals surface area contributed by atoms with Gasteiger partial charge in [-0.05, 0) is 19.8 Å². The van der Waals surface area contributed by atoms with Crippen LogP contribution in [0.25, 0.3) is 0 Å². The molecule has 1 atom stereocenters. The van der Waals surface area contributed by atoms with Crippen LogP contribution in [0.2, 0.25) is 0 Å². The lowest BCUT2D eigenvalue weighted by molar-refractivity contribution is -0.890. The SMILES string of the molecule is CCCCCCCCCCCCCCCC[N+](C)(C)CCO.CCOP(=O)([O-])F. The quantitative estimate of drug-likeness (QED) is 0.152. The smallest absolute Gasteiger partial charge is 0.307 e. The van der Waals surface area contributed by atoms with E-state index in [1.807, 2.05) is 0 Å². The third-order valence-corrected chi connectivity index (χ3v) is 5.67. The molecule has 0 saturated heterocycles. The third-order valence-electron chi connectivity index (χ3n) is 5.11. The molecular formula is C22H49FNO4P. The van der Waals surface area contributed by atoms with E-state index in [9.17, 15) is 13.7 Å². The van der Waals surface area contributed by atoms with Crippen molar-refractivity contribution in [2.75, 3.05) is 40.4 Å². The van der Waals surface area contributed by atoms with Crippen molar-refractivity contribution in [1.29, 1.82) is 0 Å². The number of halogens is 1. The second-order valence-electron chi connectivity index (χ2n) is 8.55. The number of hydrogen-bond acceptors (Lipinski definition) is 4. The molecule has 0 saturated carbocycles. The van der Waals surface area contributed by atoms with Gasteiger partial charge in [-0.1, -0.05) is 84.0 Å². The third kappa shape index (κ3) is 30.3. The Kier molecular flexibility index (Phi) is 22.8. The first-order valence-electron chi connectivity index (χ1n) is 11.8. The van der Waals surface area contributed by atoms with Gasteiger partial charge >= 0.3 is 7.91 Å². The molecule has 0 aromatic carbocycles. The van der Waals surface area contributed by atoms with Crippen LogP contribution in [0.5, 0.6) is 0 Å². The fourth-order valence-electron chi connectivity index (χ4n) is 3.27. The molecule has 0 fully saturated rings. The Labute approximate surface area is 180 Å². The molecule has 1 unspecified atom stereocenters. The molecule has 7 heteroatoms. The van der Waals surface area contributed by atoms with Gasteiger partial charge in [0.15, 0.2) is 0 Å². The minimum absolute atomic E-state index is 0.142. The number of aliphatic hydroxyl groups excluding tert-OH is 1. The average molecular weight is 442 g/mol. The Morgan fingerprint density at radius 1 is 0.793 bits per heavy atom. The molecule has 1 N–H and O–H groups in total. The number of quaternary nitrogens is 1. The van der Waals surface area contributed by atoms with Gasteiger partial charge in [0.1, 0.15) is 6.54 Å². The molecule has 0 spiro atoms. The van der Waals surface area contributed by atoms with Crippen LogP contribution in [-0.2, 0) is 9.09 Å². The highest BCUT2D eigenvalue weighted by atomic mass is 31.2. The summed E-state index contributed by atoms with van der Waals surface area (Å²) in [6, 6.07) is 0. The first-order valence-corrected chi connectivity index (χ1v) is 13.2. The maximum Gasteiger partial charge on any atom is 0.307 e. The van der Waals surface area contributed by atoms with Crippen molar-refractivity contribution >= 4 is 7.91 Å². The van der Waals surface area contributed by atoms with Gasteiger partial charge < -0.3 is 19.0 Å². The minimum Gasteiger partial charge on any atom is -0.753 e. The van der Waals surface area contributed by atoms with Gasteiger partial charge in [0.05, 0.1) is 33.9 Å². The van der Waals surface area contributed by atoms with Crippen molar-refractivity contribution in [2.24, 2.45) is 0 Å². The van der Waals surface area contributed by atoms with Gasteiger partial charge in [-0.3, -0.25) is 4.57 Å². The Morgan fingerprint density at radius 2 is 1.17 bits per heavy atom. The molecule has 5 nitrogen and oxygen atoms in total. The van der Waals surface area contributed by atoms with Gasteiger partial charge in [0.2, 0.25) is 0 Å². The summed E-state index contributed by atoms with van der Waals surface area (Å²) in [5.41, 5.74) is 0. The van der Waals surface area contributed by atoms with E-state index in [1.54, 1.807) is 0 Å². The van der Waals surface area contributed by atoms with Gasteiger partial charge in [-0.25, -0.2) is 0 Å². The zero-order valence-electron chi connectivity index (χ0n) is 19.7. The first kappa shape index (κ1) is 31.2. The number of nitrogens with zero attached hydrogens (tertiary/aromatic N) is 1. The van der Waals surface area contributed by atoms with Crippen LogP contribution in [0.15, 0.2) is 0 Å². The van der Waals surface area contributed by atoms with Crippen LogP contribution in [0, 0.1) is 0 Å². The molecule has 0 aromatic rings. The fraction of sp³-hybridized carbons (Fsp3) is 1.00. The number of hydrogen-bond donors (Lipinski definition) is 1. The summed E-state index contributed by atoms with van der Waals surface area (Å²) in [4.78, 5) is 9.37. The van der Waals surface area contributed by atoms with Gasteiger partial charge in [0, 0.05) is 0 Å². The topological polar surface area (TPSA) is 69.6 Å². The lowest BCUT2D eigenvalue weighted by atomic mass is 10.0. The van der Waals surface area contributed by atoms with Crippen molar-refractivity contribution < 1.29 is 27.8 Å². The van der Waals surface area contributed by atoms with Gasteiger partial charge in [-0.15, -0.1) is 0 Å². The Hall–Kier alpha value is -0.0000000000000000278. The van der Waals surface area contributed by atoms with E-state index in [-0.39, 0.29) is 6.61 Å². The molecular weight excluding hydrogens is 392 g/mol. The average Bonchev–Trinajstić information content (AvgIpc) is 2.61. The monoisotopic (exact) mass is 441 g/mol. The van der Waals surface area contributed by atoms with E-state index >= 15 is 0 Å². The predicted octanol–water partition coefficient (Wildman–Crippen LogP) is 6.00. The van der Waals surface area contributed by atoms with Crippen molar-refractivity contribution in [3.8, 4) is 0 Å². The molecule has 0 aliphatic heterocycles. The van der Waals surface area contributed by atoms with Crippen molar-refractivity contribution in [3.05, 3.63) is 0 Å². The number of likely N-dealkylation sites (N-methyl/N-ethyl adjacent to an activating group) is 1. The summed E-state index contributed by atoms with van der Waals surface area (Å²) >= 11 is 0. The van der Waals surface area contributed by atoms with Crippen molar-refractivity contribution in [2.45, 2.75) is 104 Å². The summed E-state index contributed by atoms with van der Waals surface area (Å²) in [5.74, 6) is 0. The number of aliphatic hydroxyl groups is 1. The molecule has 0 aliphatic carbocycles. The minimum atomic E-state index is -4.92. The zero-order valence-corrected chi connectivity index (χ0v) is 20.6. The first-order chi connectivity index (χ1) is 13.7. The maximum atomic E-state index is 11.2. The summed E-state index contributed by atoms with van der Waals surface area (Å²) in [5, 5.41) is 9.00. The van der Waals surface area contributed by atoms with E-state index in [1.165, 1.54) is 103 Å². The van der Waals surface area contributed by atoms with E-state index in [0.29, 0.717) is 6.61 Å². The van der Waals surface area contributed by atoms with E-state index in [4.69, 9.17) is 5.11 Å². The molecule has 0 radical (unpaired) electrons. The molecule has 0 amide bonds. The Bertz CT molecular complexity index is 378. The standard InChI is InChI=1S/C20H44NO.C2H6FO3P/c1-4-5-6-7-8-9-10-11-12-13-14-15-16-17-18-21(2,3)19-20-22;1-2-6-7(3,4)5/h22H,4-20H2,1-3H3;2H2,1H3,(H,4,5)/q+1;/p-1. The highest BCUT2D eigenvalue weighted by Gasteiger charge is 2.12. The van der Waals surface area contributed by atoms with Crippen LogP contribution >= 0.6 is 7.91 Å². The van der Waals surface area contributed by atoms with Gasteiger partial charge in [0.25, 0.3) is 0 Å². The molecule has 29 heavy (non-hydrogen) atoms.